The molecule has 22 heavy (non-hydrogen) atoms. The Labute approximate surface area is 130 Å². The average molecular weight is 308 g/mol. The van der Waals surface area contributed by atoms with Gasteiger partial charge in [-0.15, -0.1) is 0 Å². The number of nitrogens with zero attached hydrogens (tertiary/aromatic N) is 2. The van der Waals surface area contributed by atoms with Crippen molar-refractivity contribution in [1.82, 2.24) is 9.47 Å². The lowest BCUT2D eigenvalue weighted by atomic mass is 10.00. The second kappa shape index (κ2) is 6.96. The summed E-state index contributed by atoms with van der Waals surface area (Å²) in [5.74, 6) is -1.41. The third kappa shape index (κ3) is 3.50. The lowest BCUT2D eigenvalue weighted by Crippen LogP contribution is -2.39. The van der Waals surface area contributed by atoms with Crippen LogP contribution < -0.4 is 5.43 Å². The van der Waals surface area contributed by atoms with Crippen LogP contribution in [0.1, 0.15) is 51.3 Å². The van der Waals surface area contributed by atoms with Gasteiger partial charge in [0.15, 0.2) is 5.75 Å². The summed E-state index contributed by atoms with van der Waals surface area (Å²) in [6.45, 7) is 5.18. The zero-order chi connectivity index (χ0) is 16.3. The fraction of sp³-hybridized carbons (Fsp3) is 0.625. The first kappa shape index (κ1) is 16.5. The Bertz CT molecular complexity index is 596. The fourth-order valence-electron chi connectivity index (χ4n) is 3.12. The van der Waals surface area contributed by atoms with Gasteiger partial charge in [0.2, 0.25) is 5.43 Å². The highest BCUT2D eigenvalue weighted by molar-refractivity contribution is 5.71. The average Bonchev–Trinajstić information content (AvgIpc) is 2.50. The number of carbonyl (C=O) groups is 1. The van der Waals surface area contributed by atoms with E-state index in [4.69, 9.17) is 0 Å². The SMILES string of the molecule is CCC1CCCCN1Cc1cc(=O)c(O)cn1C(C)C(=O)O. The number of aromatic hydroxyl groups is 1. The Kier molecular flexibility index (Phi) is 5.24. The van der Waals surface area contributed by atoms with E-state index in [2.05, 4.69) is 11.8 Å². The summed E-state index contributed by atoms with van der Waals surface area (Å²) in [7, 11) is 0. The van der Waals surface area contributed by atoms with Crippen LogP contribution in [0.15, 0.2) is 17.1 Å². The standard InChI is InChI=1S/C16H24N2O4/c1-3-12-6-4-5-7-17(12)9-13-8-14(19)15(20)10-18(13)11(2)16(21)22/h8,10-12,20H,3-7,9H2,1-2H3,(H,21,22). The van der Waals surface area contributed by atoms with Gasteiger partial charge in [0.05, 0.1) is 6.20 Å². The molecule has 122 valence electrons. The number of hydrogen-bond donors (Lipinski definition) is 2. The van der Waals surface area contributed by atoms with E-state index in [1.165, 1.54) is 23.3 Å². The van der Waals surface area contributed by atoms with Crippen LogP contribution in [0.2, 0.25) is 0 Å². The Hall–Kier alpha value is -1.82. The highest BCUT2D eigenvalue weighted by Gasteiger charge is 2.24. The van der Waals surface area contributed by atoms with E-state index in [1.807, 2.05) is 0 Å². The highest BCUT2D eigenvalue weighted by Crippen LogP contribution is 2.23. The van der Waals surface area contributed by atoms with Crippen LogP contribution in [0.3, 0.4) is 0 Å². The Morgan fingerprint density at radius 2 is 2.18 bits per heavy atom. The molecule has 1 saturated heterocycles. The number of aliphatic carboxylic acids is 1. The molecule has 0 radical (unpaired) electrons. The molecular weight excluding hydrogens is 284 g/mol. The summed E-state index contributed by atoms with van der Waals surface area (Å²) in [6, 6.07) is 0.994. The molecule has 2 heterocycles. The van der Waals surface area contributed by atoms with Gasteiger partial charge in [0, 0.05) is 24.3 Å². The molecule has 0 saturated carbocycles. The molecule has 2 N–H and O–H groups in total. The van der Waals surface area contributed by atoms with Crippen LogP contribution in [-0.2, 0) is 11.3 Å². The molecular formula is C16H24N2O4. The van der Waals surface area contributed by atoms with Crippen LogP contribution in [-0.4, -0.2) is 38.2 Å². The lowest BCUT2D eigenvalue weighted by Gasteiger charge is -2.36. The molecule has 1 aromatic rings. The van der Waals surface area contributed by atoms with Gasteiger partial charge in [0.1, 0.15) is 6.04 Å². The number of hydrogen-bond acceptors (Lipinski definition) is 4. The first-order valence-corrected chi connectivity index (χ1v) is 7.85. The minimum atomic E-state index is -0.991. The molecule has 2 atom stereocenters. The molecule has 1 aliphatic rings. The summed E-state index contributed by atoms with van der Waals surface area (Å²) in [5.41, 5.74) is 0.173. The molecule has 2 rings (SSSR count). The molecule has 0 amide bonds. The van der Waals surface area contributed by atoms with E-state index in [1.54, 1.807) is 6.92 Å². The largest absolute Gasteiger partial charge is 0.503 e. The van der Waals surface area contributed by atoms with Crippen molar-refractivity contribution in [3.8, 4) is 5.75 Å². The third-order valence-corrected chi connectivity index (χ3v) is 4.50. The first-order valence-electron chi connectivity index (χ1n) is 7.85. The smallest absolute Gasteiger partial charge is 0.326 e. The van der Waals surface area contributed by atoms with E-state index in [0.717, 1.165) is 25.8 Å². The van der Waals surface area contributed by atoms with Crippen molar-refractivity contribution in [2.75, 3.05) is 6.54 Å². The van der Waals surface area contributed by atoms with Crippen molar-refractivity contribution >= 4 is 5.97 Å². The maximum Gasteiger partial charge on any atom is 0.326 e. The van der Waals surface area contributed by atoms with E-state index in [0.29, 0.717) is 18.3 Å². The van der Waals surface area contributed by atoms with E-state index in [-0.39, 0.29) is 0 Å². The molecule has 0 bridgehead atoms. The zero-order valence-electron chi connectivity index (χ0n) is 13.2. The normalized spacial score (nSPS) is 20.7. The minimum absolute atomic E-state index is 0.414. The van der Waals surface area contributed by atoms with E-state index in [9.17, 15) is 19.8 Å². The highest BCUT2D eigenvalue weighted by atomic mass is 16.4. The molecule has 0 aliphatic carbocycles. The van der Waals surface area contributed by atoms with Gasteiger partial charge < -0.3 is 14.8 Å². The molecule has 0 spiro atoms. The van der Waals surface area contributed by atoms with Crippen LogP contribution >= 0.6 is 0 Å². The predicted molar refractivity (Wildman–Crippen MR) is 83.1 cm³/mol. The monoisotopic (exact) mass is 308 g/mol. The van der Waals surface area contributed by atoms with Gasteiger partial charge in [-0.2, -0.15) is 0 Å². The van der Waals surface area contributed by atoms with E-state index < -0.39 is 23.2 Å². The van der Waals surface area contributed by atoms with Crippen molar-refractivity contribution in [2.45, 2.75) is 58.2 Å². The van der Waals surface area contributed by atoms with Crippen LogP contribution in [0.4, 0.5) is 0 Å². The van der Waals surface area contributed by atoms with Gasteiger partial charge in [0.25, 0.3) is 0 Å². The number of carboxylic acid groups (broad SMARTS) is 1. The van der Waals surface area contributed by atoms with Crippen molar-refractivity contribution in [3.63, 3.8) is 0 Å². The van der Waals surface area contributed by atoms with Crippen LogP contribution in [0.25, 0.3) is 0 Å². The first-order chi connectivity index (χ1) is 10.4. The molecule has 1 aliphatic heterocycles. The number of pyridine rings is 1. The number of piperidine rings is 1. The molecule has 1 aromatic heterocycles. The molecule has 1 fully saturated rings. The molecule has 0 aromatic carbocycles. The van der Waals surface area contributed by atoms with Gasteiger partial charge >= 0.3 is 5.97 Å². The van der Waals surface area contributed by atoms with Crippen molar-refractivity contribution in [2.24, 2.45) is 0 Å². The van der Waals surface area contributed by atoms with Gasteiger partial charge in [-0.25, -0.2) is 4.79 Å². The van der Waals surface area contributed by atoms with Gasteiger partial charge in [-0.1, -0.05) is 13.3 Å². The van der Waals surface area contributed by atoms with Crippen molar-refractivity contribution < 1.29 is 15.0 Å². The molecule has 6 nitrogen and oxygen atoms in total. The summed E-state index contributed by atoms with van der Waals surface area (Å²) in [4.78, 5) is 25.3. The Balaban J connectivity index is 2.34. The van der Waals surface area contributed by atoms with Gasteiger partial charge in [-0.3, -0.25) is 9.69 Å². The minimum Gasteiger partial charge on any atom is -0.503 e. The maximum absolute atomic E-state index is 11.7. The van der Waals surface area contributed by atoms with E-state index >= 15 is 0 Å². The summed E-state index contributed by atoms with van der Waals surface area (Å²) in [5, 5.41) is 18.8. The van der Waals surface area contributed by atoms with Crippen LogP contribution in [0, 0.1) is 0 Å². The maximum atomic E-state index is 11.7. The fourth-order valence-corrected chi connectivity index (χ4v) is 3.12. The number of rotatable bonds is 5. The van der Waals surface area contributed by atoms with Crippen molar-refractivity contribution in [1.29, 1.82) is 0 Å². The predicted octanol–water partition coefficient (Wildman–Crippen LogP) is 1.96. The molecule has 6 heteroatoms. The quantitative estimate of drug-likeness (QED) is 0.869. The summed E-state index contributed by atoms with van der Waals surface area (Å²) >= 11 is 0. The number of carboxylic acids is 1. The molecule has 2 unspecified atom stereocenters. The summed E-state index contributed by atoms with van der Waals surface area (Å²) in [6.07, 6.45) is 5.74. The number of likely N-dealkylation sites (tertiary alicyclic amines) is 1. The topological polar surface area (TPSA) is 82.8 Å². The Morgan fingerprint density at radius 3 is 2.82 bits per heavy atom. The third-order valence-electron chi connectivity index (χ3n) is 4.50. The van der Waals surface area contributed by atoms with Crippen molar-refractivity contribution in [3.05, 3.63) is 28.2 Å². The van der Waals surface area contributed by atoms with Gasteiger partial charge in [-0.05, 0) is 32.7 Å². The Morgan fingerprint density at radius 1 is 1.45 bits per heavy atom. The number of aromatic nitrogens is 1. The van der Waals surface area contributed by atoms with Crippen LogP contribution in [0.5, 0.6) is 5.75 Å². The second-order valence-corrected chi connectivity index (χ2v) is 5.96. The second-order valence-electron chi connectivity index (χ2n) is 5.96. The summed E-state index contributed by atoms with van der Waals surface area (Å²) < 4.78 is 1.49. The zero-order valence-corrected chi connectivity index (χ0v) is 13.2. The lowest BCUT2D eigenvalue weighted by molar-refractivity contribution is -0.140.